The van der Waals surface area contributed by atoms with Crippen molar-refractivity contribution in [3.63, 3.8) is 0 Å². The third-order valence-corrected chi connectivity index (χ3v) is 8.08. The Bertz CT molecular complexity index is 1460. The van der Waals surface area contributed by atoms with Gasteiger partial charge in [-0.05, 0) is 76.4 Å². The Morgan fingerprint density at radius 1 is 0.674 bits per heavy atom. The number of aryl methyl sites for hydroxylation is 2. The van der Waals surface area contributed by atoms with Crippen LogP contribution < -0.4 is 19.5 Å². The molecule has 8 nitrogen and oxygen atoms in total. The summed E-state index contributed by atoms with van der Waals surface area (Å²) in [5.41, 5.74) is 5.80. The fraction of sp³-hybridized carbons (Fsp3) is 0.371. The molecule has 0 bridgehead atoms. The minimum Gasteiger partial charge on any atom is -0.494 e. The van der Waals surface area contributed by atoms with Gasteiger partial charge in [0.1, 0.15) is 11.5 Å². The molecule has 2 atom stereocenters. The summed E-state index contributed by atoms with van der Waals surface area (Å²) < 4.78 is 12.0. The highest BCUT2D eigenvalue weighted by Gasteiger charge is 2.52. The lowest BCUT2D eigenvalue weighted by Crippen LogP contribution is -2.41. The van der Waals surface area contributed by atoms with Gasteiger partial charge in [-0.3, -0.25) is 9.59 Å². The van der Waals surface area contributed by atoms with Crippen molar-refractivity contribution in [2.75, 3.05) is 23.2 Å². The van der Waals surface area contributed by atoms with Gasteiger partial charge in [-0.25, -0.2) is 10.0 Å². The van der Waals surface area contributed by atoms with Crippen molar-refractivity contribution in [1.29, 1.82) is 0 Å². The van der Waals surface area contributed by atoms with E-state index in [2.05, 4.69) is 0 Å². The van der Waals surface area contributed by atoms with Gasteiger partial charge in [0, 0.05) is 12.0 Å². The van der Waals surface area contributed by atoms with Crippen molar-refractivity contribution >= 4 is 34.6 Å². The van der Waals surface area contributed by atoms with Crippen LogP contribution in [0, 0.1) is 25.7 Å². The summed E-state index contributed by atoms with van der Waals surface area (Å²) >= 11 is 0. The number of benzene rings is 3. The average Bonchev–Trinajstić information content (AvgIpc) is 3.52. The molecule has 2 aliphatic rings. The van der Waals surface area contributed by atoms with Crippen LogP contribution in [-0.4, -0.2) is 36.5 Å². The average molecular weight is 581 g/mol. The molecular weight excluding hydrogens is 540 g/mol. The predicted octanol–water partition coefficient (Wildman–Crippen LogP) is 7.04. The first-order chi connectivity index (χ1) is 20.8. The molecule has 43 heavy (non-hydrogen) atoms. The summed E-state index contributed by atoms with van der Waals surface area (Å²) in [5.74, 6) is -1.05. The SMILES string of the molecule is CCOc1ccc(C(C2C(=O)N(c3ccc(C)cc3)N=C2CC)C2C(=O)N(c3ccc(C)cc3)N=C2CC)c(OCC)c1. The number of carbonyl (C=O) groups is 2. The summed E-state index contributed by atoms with van der Waals surface area (Å²) in [4.78, 5) is 28.9. The van der Waals surface area contributed by atoms with E-state index in [-0.39, 0.29) is 11.8 Å². The molecule has 3 aromatic rings. The molecule has 0 aromatic heterocycles. The Hall–Kier alpha value is -4.46. The molecule has 224 valence electrons. The van der Waals surface area contributed by atoms with Crippen LogP contribution in [0.1, 0.15) is 63.1 Å². The molecule has 2 aliphatic heterocycles. The largest absolute Gasteiger partial charge is 0.494 e. The fourth-order valence-electron chi connectivity index (χ4n) is 5.95. The smallest absolute Gasteiger partial charge is 0.256 e. The van der Waals surface area contributed by atoms with Crippen molar-refractivity contribution in [2.45, 2.75) is 60.3 Å². The summed E-state index contributed by atoms with van der Waals surface area (Å²) in [7, 11) is 0. The molecule has 0 saturated heterocycles. The first-order valence-corrected chi connectivity index (χ1v) is 15.2. The third kappa shape index (κ3) is 5.78. The Morgan fingerprint density at radius 2 is 1.14 bits per heavy atom. The maximum atomic E-state index is 14.4. The molecule has 0 spiro atoms. The Morgan fingerprint density at radius 3 is 1.56 bits per heavy atom. The molecule has 2 amide bonds. The lowest BCUT2D eigenvalue weighted by atomic mass is 9.71. The number of hydrazone groups is 2. The van der Waals surface area contributed by atoms with Gasteiger partial charge in [-0.2, -0.15) is 10.2 Å². The zero-order valence-corrected chi connectivity index (χ0v) is 25.8. The van der Waals surface area contributed by atoms with Crippen molar-refractivity contribution in [3.05, 3.63) is 83.4 Å². The lowest BCUT2D eigenvalue weighted by Gasteiger charge is -2.31. The lowest BCUT2D eigenvalue weighted by molar-refractivity contribution is -0.122. The van der Waals surface area contributed by atoms with E-state index in [1.54, 1.807) is 0 Å². The van der Waals surface area contributed by atoms with Crippen LogP contribution in [0.3, 0.4) is 0 Å². The molecular formula is C35H40N4O4. The van der Waals surface area contributed by atoms with Gasteiger partial charge in [0.05, 0.1) is 47.8 Å². The monoisotopic (exact) mass is 580 g/mol. The number of hydrogen-bond acceptors (Lipinski definition) is 6. The first-order valence-electron chi connectivity index (χ1n) is 15.2. The Kier molecular flexibility index (Phi) is 8.94. The van der Waals surface area contributed by atoms with E-state index >= 15 is 0 Å². The highest BCUT2D eigenvalue weighted by molar-refractivity contribution is 6.20. The zero-order chi connectivity index (χ0) is 30.7. The molecule has 5 rings (SSSR count). The van der Waals surface area contributed by atoms with Crippen LogP contribution in [-0.2, 0) is 9.59 Å². The van der Waals surface area contributed by atoms with E-state index in [0.717, 1.165) is 28.1 Å². The van der Waals surface area contributed by atoms with Crippen molar-refractivity contribution in [2.24, 2.45) is 22.0 Å². The summed E-state index contributed by atoms with van der Waals surface area (Å²) in [6.07, 6.45) is 1.11. The molecule has 0 radical (unpaired) electrons. The molecule has 2 heterocycles. The Labute approximate surface area is 254 Å². The third-order valence-electron chi connectivity index (χ3n) is 8.08. The van der Waals surface area contributed by atoms with Gasteiger partial charge in [-0.1, -0.05) is 55.3 Å². The predicted molar refractivity (Wildman–Crippen MR) is 171 cm³/mol. The number of ether oxygens (including phenoxy) is 2. The van der Waals surface area contributed by atoms with E-state index in [1.807, 2.05) is 108 Å². The van der Waals surface area contributed by atoms with E-state index in [0.29, 0.717) is 48.9 Å². The number of rotatable bonds is 11. The second-order valence-corrected chi connectivity index (χ2v) is 10.9. The molecule has 2 unspecified atom stereocenters. The number of anilines is 2. The van der Waals surface area contributed by atoms with E-state index in [4.69, 9.17) is 19.7 Å². The van der Waals surface area contributed by atoms with Gasteiger partial charge >= 0.3 is 0 Å². The van der Waals surface area contributed by atoms with E-state index in [1.165, 1.54) is 10.0 Å². The normalized spacial score (nSPS) is 19.0. The maximum Gasteiger partial charge on any atom is 0.256 e. The van der Waals surface area contributed by atoms with Crippen molar-refractivity contribution in [3.8, 4) is 11.5 Å². The highest BCUT2D eigenvalue weighted by Crippen LogP contribution is 2.47. The number of carbonyl (C=O) groups excluding carboxylic acids is 2. The van der Waals surface area contributed by atoms with Crippen LogP contribution in [0.15, 0.2) is 76.9 Å². The van der Waals surface area contributed by atoms with Crippen LogP contribution in [0.5, 0.6) is 11.5 Å². The topological polar surface area (TPSA) is 83.8 Å². The summed E-state index contributed by atoms with van der Waals surface area (Å²) in [5, 5.41) is 12.7. The minimum absolute atomic E-state index is 0.168. The maximum absolute atomic E-state index is 14.4. The molecule has 0 N–H and O–H groups in total. The zero-order valence-electron chi connectivity index (χ0n) is 25.8. The quantitative estimate of drug-likeness (QED) is 0.243. The van der Waals surface area contributed by atoms with Crippen LogP contribution in [0.2, 0.25) is 0 Å². The van der Waals surface area contributed by atoms with Crippen LogP contribution >= 0.6 is 0 Å². The molecule has 0 fully saturated rings. The first kappa shape index (κ1) is 30.0. The van der Waals surface area contributed by atoms with Crippen LogP contribution in [0.4, 0.5) is 11.4 Å². The van der Waals surface area contributed by atoms with E-state index < -0.39 is 17.8 Å². The Balaban J connectivity index is 1.67. The van der Waals surface area contributed by atoms with Gasteiger partial charge in [0.2, 0.25) is 0 Å². The summed E-state index contributed by atoms with van der Waals surface area (Å²) in [6, 6.07) is 21.2. The van der Waals surface area contributed by atoms with Crippen LogP contribution in [0.25, 0.3) is 0 Å². The van der Waals surface area contributed by atoms with E-state index in [9.17, 15) is 9.59 Å². The number of amides is 2. The van der Waals surface area contributed by atoms with Gasteiger partial charge in [0.15, 0.2) is 0 Å². The molecule has 0 aliphatic carbocycles. The fourth-order valence-corrected chi connectivity index (χ4v) is 5.95. The second kappa shape index (κ2) is 12.8. The minimum atomic E-state index is -0.688. The van der Waals surface area contributed by atoms with Gasteiger partial charge in [0.25, 0.3) is 11.8 Å². The van der Waals surface area contributed by atoms with Gasteiger partial charge in [-0.15, -0.1) is 0 Å². The standard InChI is InChI=1S/C35H40N4O4/c1-7-28-32(34(40)38(36-28)24-15-11-22(5)12-16-24)31(27-20-19-26(42-9-3)21-30(27)43-10-4)33-29(8-2)37-39(35(33)41)25-17-13-23(6)14-18-25/h11-21,31-33H,7-10H2,1-6H3. The number of nitrogens with zero attached hydrogens (tertiary/aromatic N) is 4. The highest BCUT2D eigenvalue weighted by atomic mass is 16.5. The second-order valence-electron chi connectivity index (χ2n) is 10.9. The van der Waals surface area contributed by atoms with Gasteiger partial charge < -0.3 is 9.47 Å². The molecule has 0 saturated carbocycles. The summed E-state index contributed by atoms with van der Waals surface area (Å²) in [6.45, 7) is 12.8. The molecule has 3 aromatic carbocycles. The van der Waals surface area contributed by atoms with Crippen molar-refractivity contribution < 1.29 is 19.1 Å². The van der Waals surface area contributed by atoms with Crippen molar-refractivity contribution in [1.82, 2.24) is 0 Å². The molecule has 8 heteroatoms. The number of hydrogen-bond donors (Lipinski definition) is 0.